The molecule has 0 unspecified atom stereocenters. The Labute approximate surface area is 198 Å². The molecule has 0 atom stereocenters. The van der Waals surface area contributed by atoms with E-state index in [9.17, 15) is 4.39 Å². The van der Waals surface area contributed by atoms with Crippen LogP contribution in [-0.4, -0.2) is 19.7 Å². The molecule has 9 heteroatoms. The average Bonchev–Trinajstić information content (AvgIpc) is 3.16. The first-order valence-corrected chi connectivity index (χ1v) is 10.8. The topological polar surface area (TPSA) is 81.7 Å². The van der Waals surface area contributed by atoms with Crippen LogP contribution >= 0.6 is 23.2 Å². The van der Waals surface area contributed by atoms with Gasteiger partial charge in [-0.15, -0.1) is 5.10 Å². The van der Waals surface area contributed by atoms with E-state index in [0.29, 0.717) is 51.3 Å². The Balaban J connectivity index is 1.68. The van der Waals surface area contributed by atoms with E-state index < -0.39 is 5.82 Å². The summed E-state index contributed by atoms with van der Waals surface area (Å²) in [6.07, 6.45) is 0. The van der Waals surface area contributed by atoms with E-state index in [1.807, 2.05) is 42.5 Å². The fraction of sp³-hybridized carbons (Fsp3) is 0.0417. The van der Waals surface area contributed by atoms with Gasteiger partial charge in [0.2, 0.25) is 5.95 Å². The lowest BCUT2D eigenvalue weighted by molar-refractivity contribution is 0.628. The van der Waals surface area contributed by atoms with Crippen molar-refractivity contribution in [1.29, 1.82) is 0 Å². The summed E-state index contributed by atoms with van der Waals surface area (Å²) in [5.41, 5.74) is 9.60. The highest BCUT2D eigenvalue weighted by atomic mass is 35.5. The summed E-state index contributed by atoms with van der Waals surface area (Å²) in [4.78, 5) is 9.25. The second kappa shape index (κ2) is 8.69. The van der Waals surface area contributed by atoms with Gasteiger partial charge in [0.1, 0.15) is 11.6 Å². The van der Waals surface area contributed by atoms with Crippen molar-refractivity contribution < 1.29 is 4.39 Å². The number of halogens is 3. The SMILES string of the molecule is Nc1c2c(-c3ccc(F)c(Cl)c3)nc(NCc3ccccc3)nc2nn1-c1ccccc1Cl. The van der Waals surface area contributed by atoms with Crippen LogP contribution in [0.5, 0.6) is 0 Å². The fourth-order valence-corrected chi connectivity index (χ4v) is 3.92. The number of para-hydroxylation sites is 1. The molecule has 2 heterocycles. The van der Waals surface area contributed by atoms with Gasteiger partial charge in [-0.1, -0.05) is 65.7 Å². The highest BCUT2D eigenvalue weighted by molar-refractivity contribution is 6.32. The highest BCUT2D eigenvalue weighted by Gasteiger charge is 2.20. The molecule has 6 nitrogen and oxygen atoms in total. The lowest BCUT2D eigenvalue weighted by Gasteiger charge is -2.09. The molecule has 0 saturated carbocycles. The summed E-state index contributed by atoms with van der Waals surface area (Å²) in [5.74, 6) is 0.140. The molecule has 0 spiro atoms. The number of nitrogens with one attached hydrogen (secondary N) is 1. The molecule has 5 rings (SSSR count). The number of benzene rings is 3. The molecular weight excluding hydrogens is 462 g/mol. The van der Waals surface area contributed by atoms with E-state index >= 15 is 0 Å². The summed E-state index contributed by atoms with van der Waals surface area (Å²) in [5, 5.41) is 8.80. The van der Waals surface area contributed by atoms with Gasteiger partial charge in [0.05, 0.1) is 26.8 Å². The van der Waals surface area contributed by atoms with Crippen LogP contribution in [0.1, 0.15) is 5.56 Å². The molecule has 0 aliphatic carbocycles. The molecule has 3 N–H and O–H groups in total. The van der Waals surface area contributed by atoms with Crippen molar-refractivity contribution >= 4 is 46.0 Å². The smallest absolute Gasteiger partial charge is 0.225 e. The zero-order valence-electron chi connectivity index (χ0n) is 17.1. The summed E-state index contributed by atoms with van der Waals surface area (Å²) in [6.45, 7) is 0.511. The number of nitrogens with two attached hydrogens (primary N) is 1. The second-order valence-corrected chi connectivity index (χ2v) is 8.13. The van der Waals surface area contributed by atoms with Gasteiger partial charge < -0.3 is 11.1 Å². The van der Waals surface area contributed by atoms with Gasteiger partial charge in [0.15, 0.2) is 5.65 Å². The van der Waals surface area contributed by atoms with E-state index in [4.69, 9.17) is 28.9 Å². The molecule has 0 amide bonds. The first-order valence-electron chi connectivity index (χ1n) is 10.1. The first kappa shape index (κ1) is 21.2. The number of nitrogen functional groups attached to an aromatic ring is 1. The highest BCUT2D eigenvalue weighted by Crippen LogP contribution is 2.35. The zero-order valence-corrected chi connectivity index (χ0v) is 18.6. The largest absolute Gasteiger partial charge is 0.383 e. The third-order valence-corrected chi connectivity index (χ3v) is 5.75. The maximum Gasteiger partial charge on any atom is 0.225 e. The van der Waals surface area contributed by atoms with Crippen molar-refractivity contribution in [3.8, 4) is 16.9 Å². The maximum atomic E-state index is 13.8. The van der Waals surface area contributed by atoms with E-state index in [2.05, 4.69) is 20.4 Å². The van der Waals surface area contributed by atoms with Gasteiger partial charge in [-0.3, -0.25) is 0 Å². The zero-order chi connectivity index (χ0) is 22.9. The molecule has 0 bridgehead atoms. The lowest BCUT2D eigenvalue weighted by Crippen LogP contribution is -2.05. The Morgan fingerprint density at radius 2 is 1.67 bits per heavy atom. The Bertz CT molecular complexity index is 1470. The van der Waals surface area contributed by atoms with Crippen LogP contribution in [0.15, 0.2) is 72.8 Å². The molecule has 2 aromatic heterocycles. The summed E-state index contributed by atoms with van der Waals surface area (Å²) in [6, 6.07) is 21.5. The van der Waals surface area contributed by atoms with E-state index in [0.717, 1.165) is 5.56 Å². The van der Waals surface area contributed by atoms with Gasteiger partial charge in [-0.05, 0) is 35.9 Å². The predicted octanol–water partition coefficient (Wildman–Crippen LogP) is 6.12. The predicted molar refractivity (Wildman–Crippen MR) is 130 cm³/mol. The molecule has 0 saturated heterocycles. The second-order valence-electron chi connectivity index (χ2n) is 7.31. The van der Waals surface area contributed by atoms with E-state index in [-0.39, 0.29) is 5.02 Å². The van der Waals surface area contributed by atoms with Crippen LogP contribution in [0.2, 0.25) is 10.0 Å². The monoisotopic (exact) mass is 478 g/mol. The minimum Gasteiger partial charge on any atom is -0.383 e. The molecule has 0 aliphatic heterocycles. The molecule has 0 aliphatic rings. The summed E-state index contributed by atoms with van der Waals surface area (Å²) < 4.78 is 15.4. The number of aromatic nitrogens is 4. The van der Waals surface area contributed by atoms with Crippen LogP contribution in [-0.2, 0) is 6.54 Å². The fourth-order valence-electron chi connectivity index (χ4n) is 3.53. The van der Waals surface area contributed by atoms with Gasteiger partial charge in [0, 0.05) is 12.1 Å². The molecule has 3 aromatic carbocycles. The molecule has 0 radical (unpaired) electrons. The molecule has 33 heavy (non-hydrogen) atoms. The molecular formula is C24H17Cl2FN6. The first-order chi connectivity index (χ1) is 16.0. The number of anilines is 2. The summed E-state index contributed by atoms with van der Waals surface area (Å²) in [7, 11) is 0. The van der Waals surface area contributed by atoms with E-state index in [1.165, 1.54) is 16.8 Å². The normalized spacial score (nSPS) is 11.1. The number of hydrogen-bond donors (Lipinski definition) is 2. The molecule has 5 aromatic rings. The van der Waals surface area contributed by atoms with Crippen LogP contribution in [0.25, 0.3) is 28.0 Å². The number of rotatable bonds is 5. The quantitative estimate of drug-likeness (QED) is 0.317. The Kier molecular flexibility index (Phi) is 5.58. The third kappa shape index (κ3) is 4.08. The number of hydrogen-bond acceptors (Lipinski definition) is 5. The minimum absolute atomic E-state index is 0.0184. The van der Waals surface area contributed by atoms with Crippen LogP contribution in [0, 0.1) is 5.82 Å². The van der Waals surface area contributed by atoms with Gasteiger partial charge in [-0.25, -0.2) is 14.1 Å². The average molecular weight is 479 g/mol. The van der Waals surface area contributed by atoms with Crippen molar-refractivity contribution in [2.75, 3.05) is 11.1 Å². The van der Waals surface area contributed by atoms with Crippen molar-refractivity contribution in [2.45, 2.75) is 6.54 Å². The molecule has 164 valence electrons. The standard InChI is InChI=1S/C24H17Cl2FN6/c25-16-8-4-5-9-19(16)33-22(28)20-21(15-10-11-18(27)17(26)12-15)30-24(31-23(20)32-33)29-13-14-6-2-1-3-7-14/h1-12H,13,28H2,(H,29,31,32). The van der Waals surface area contributed by atoms with Crippen LogP contribution in [0.4, 0.5) is 16.2 Å². The van der Waals surface area contributed by atoms with Crippen LogP contribution in [0.3, 0.4) is 0 Å². The van der Waals surface area contributed by atoms with Crippen molar-refractivity contribution in [2.24, 2.45) is 0 Å². The van der Waals surface area contributed by atoms with Gasteiger partial charge in [0.25, 0.3) is 0 Å². The minimum atomic E-state index is -0.520. The maximum absolute atomic E-state index is 13.8. The van der Waals surface area contributed by atoms with Crippen molar-refractivity contribution in [1.82, 2.24) is 19.7 Å². The number of nitrogens with zero attached hydrogens (tertiary/aromatic N) is 4. The summed E-state index contributed by atoms with van der Waals surface area (Å²) >= 11 is 12.4. The van der Waals surface area contributed by atoms with Crippen molar-refractivity contribution in [3.05, 3.63) is 94.2 Å². The molecule has 0 fully saturated rings. The lowest BCUT2D eigenvalue weighted by atomic mass is 10.1. The number of fused-ring (bicyclic) bond motifs is 1. The Morgan fingerprint density at radius 1 is 0.909 bits per heavy atom. The Hall–Kier alpha value is -3.68. The van der Waals surface area contributed by atoms with Gasteiger partial charge >= 0.3 is 0 Å². The third-order valence-electron chi connectivity index (χ3n) is 5.14. The Morgan fingerprint density at radius 3 is 2.42 bits per heavy atom. The van der Waals surface area contributed by atoms with Gasteiger partial charge in [-0.2, -0.15) is 4.98 Å². The van der Waals surface area contributed by atoms with Crippen LogP contribution < -0.4 is 11.1 Å². The van der Waals surface area contributed by atoms with E-state index in [1.54, 1.807) is 18.2 Å². The van der Waals surface area contributed by atoms with Crippen molar-refractivity contribution in [3.63, 3.8) is 0 Å².